The standard InChI is InChI=1S/C14H18N4O2/c1-10-6-12-15-9-16-18(12)13(7-10)17-5-3-4-11(8-17)14(19)20-2/h6-7,9,11H,3-5,8H2,1-2H3. The summed E-state index contributed by atoms with van der Waals surface area (Å²) in [5, 5.41) is 4.27. The van der Waals surface area contributed by atoms with E-state index in [1.165, 1.54) is 7.11 Å². The molecule has 20 heavy (non-hydrogen) atoms. The molecule has 1 unspecified atom stereocenters. The fraction of sp³-hybridized carbons (Fsp3) is 0.500. The Bertz CT molecular complexity index is 637. The zero-order valence-electron chi connectivity index (χ0n) is 11.7. The van der Waals surface area contributed by atoms with Crippen molar-refractivity contribution >= 4 is 17.4 Å². The molecule has 2 aromatic heterocycles. The Morgan fingerprint density at radius 2 is 2.30 bits per heavy atom. The molecule has 1 fully saturated rings. The number of rotatable bonds is 2. The van der Waals surface area contributed by atoms with Crippen molar-refractivity contribution in [3.8, 4) is 0 Å². The SMILES string of the molecule is COC(=O)C1CCCN(c2cc(C)cc3ncnn23)C1. The molecule has 1 saturated heterocycles. The highest BCUT2D eigenvalue weighted by Gasteiger charge is 2.27. The van der Waals surface area contributed by atoms with Crippen molar-refractivity contribution in [3.05, 3.63) is 24.0 Å². The van der Waals surface area contributed by atoms with Gasteiger partial charge in [-0.2, -0.15) is 9.61 Å². The number of carbonyl (C=O) groups is 1. The monoisotopic (exact) mass is 274 g/mol. The van der Waals surface area contributed by atoms with Crippen molar-refractivity contribution in [2.75, 3.05) is 25.1 Å². The van der Waals surface area contributed by atoms with Crippen LogP contribution in [0.3, 0.4) is 0 Å². The highest BCUT2D eigenvalue weighted by molar-refractivity contribution is 5.73. The van der Waals surface area contributed by atoms with Gasteiger partial charge >= 0.3 is 5.97 Å². The number of piperidine rings is 1. The molecular formula is C14H18N4O2. The number of esters is 1. The van der Waals surface area contributed by atoms with Gasteiger partial charge in [-0.1, -0.05) is 0 Å². The van der Waals surface area contributed by atoms with Crippen molar-refractivity contribution in [1.29, 1.82) is 0 Å². The molecule has 3 heterocycles. The molecule has 0 aromatic carbocycles. The summed E-state index contributed by atoms with van der Waals surface area (Å²) in [7, 11) is 1.45. The molecule has 0 aliphatic carbocycles. The molecule has 1 aliphatic rings. The first-order valence-corrected chi connectivity index (χ1v) is 6.82. The first kappa shape index (κ1) is 12.9. The van der Waals surface area contributed by atoms with Gasteiger partial charge in [-0.3, -0.25) is 4.79 Å². The van der Waals surface area contributed by atoms with Crippen LogP contribution < -0.4 is 4.90 Å². The maximum atomic E-state index is 11.7. The second-order valence-corrected chi connectivity index (χ2v) is 5.23. The summed E-state index contributed by atoms with van der Waals surface area (Å²) in [6.07, 6.45) is 3.42. The van der Waals surface area contributed by atoms with Gasteiger partial charge in [0.05, 0.1) is 13.0 Å². The van der Waals surface area contributed by atoms with Gasteiger partial charge in [-0.05, 0) is 37.5 Å². The second kappa shape index (κ2) is 5.11. The molecule has 6 heteroatoms. The summed E-state index contributed by atoms with van der Waals surface area (Å²) in [5.41, 5.74) is 1.97. The lowest BCUT2D eigenvalue weighted by atomic mass is 9.98. The molecule has 2 aromatic rings. The molecule has 3 rings (SSSR count). The quantitative estimate of drug-likeness (QED) is 0.775. The third kappa shape index (κ3) is 2.21. The van der Waals surface area contributed by atoms with Gasteiger partial charge in [0.15, 0.2) is 5.65 Å². The van der Waals surface area contributed by atoms with Gasteiger partial charge in [0.1, 0.15) is 12.1 Å². The molecule has 0 N–H and O–H groups in total. The number of fused-ring (bicyclic) bond motifs is 1. The van der Waals surface area contributed by atoms with Crippen LogP contribution in [0.2, 0.25) is 0 Å². The molecule has 0 amide bonds. The van der Waals surface area contributed by atoms with E-state index in [0.29, 0.717) is 6.54 Å². The average Bonchev–Trinajstić information content (AvgIpc) is 2.93. The van der Waals surface area contributed by atoms with E-state index in [0.717, 1.165) is 36.4 Å². The lowest BCUT2D eigenvalue weighted by molar-refractivity contribution is -0.145. The maximum Gasteiger partial charge on any atom is 0.310 e. The van der Waals surface area contributed by atoms with Crippen LogP contribution >= 0.6 is 0 Å². The summed E-state index contributed by atoms with van der Waals surface area (Å²) in [4.78, 5) is 18.2. The van der Waals surface area contributed by atoms with E-state index in [1.54, 1.807) is 6.33 Å². The fourth-order valence-electron chi connectivity index (χ4n) is 2.80. The van der Waals surface area contributed by atoms with Crippen LogP contribution in [0, 0.1) is 12.8 Å². The fourth-order valence-corrected chi connectivity index (χ4v) is 2.80. The molecule has 0 saturated carbocycles. The predicted octanol–water partition coefficient (Wildman–Crippen LogP) is 1.43. The van der Waals surface area contributed by atoms with Crippen LogP contribution in [0.4, 0.5) is 5.82 Å². The van der Waals surface area contributed by atoms with Crippen molar-refractivity contribution in [2.45, 2.75) is 19.8 Å². The Morgan fingerprint density at radius 1 is 1.45 bits per heavy atom. The third-order valence-corrected chi connectivity index (χ3v) is 3.78. The second-order valence-electron chi connectivity index (χ2n) is 5.23. The predicted molar refractivity (Wildman–Crippen MR) is 74.7 cm³/mol. The Morgan fingerprint density at radius 3 is 3.10 bits per heavy atom. The molecule has 1 aliphatic heterocycles. The number of carbonyl (C=O) groups excluding carboxylic acids is 1. The van der Waals surface area contributed by atoms with Crippen molar-refractivity contribution in [2.24, 2.45) is 5.92 Å². The Labute approximate surface area is 117 Å². The number of nitrogens with zero attached hydrogens (tertiary/aromatic N) is 4. The average molecular weight is 274 g/mol. The van der Waals surface area contributed by atoms with Gasteiger partial charge in [0, 0.05) is 13.1 Å². The normalized spacial score (nSPS) is 19.3. The lowest BCUT2D eigenvalue weighted by Gasteiger charge is -2.33. The van der Waals surface area contributed by atoms with Crippen molar-refractivity contribution < 1.29 is 9.53 Å². The van der Waals surface area contributed by atoms with E-state index >= 15 is 0 Å². The topological polar surface area (TPSA) is 59.7 Å². The van der Waals surface area contributed by atoms with E-state index in [9.17, 15) is 4.79 Å². The lowest BCUT2D eigenvalue weighted by Crippen LogP contribution is -2.40. The van der Waals surface area contributed by atoms with Gasteiger partial charge in [-0.15, -0.1) is 0 Å². The molecule has 1 atom stereocenters. The number of anilines is 1. The van der Waals surface area contributed by atoms with Crippen LogP contribution in [0.5, 0.6) is 0 Å². The molecule has 0 bridgehead atoms. The summed E-state index contributed by atoms with van der Waals surface area (Å²) >= 11 is 0. The number of aryl methyl sites for hydroxylation is 1. The Balaban J connectivity index is 1.94. The summed E-state index contributed by atoms with van der Waals surface area (Å²) in [5.74, 6) is 0.802. The van der Waals surface area contributed by atoms with E-state index in [-0.39, 0.29) is 11.9 Å². The first-order chi connectivity index (χ1) is 9.69. The van der Waals surface area contributed by atoms with E-state index in [4.69, 9.17) is 4.74 Å². The molecule has 0 radical (unpaired) electrons. The number of ether oxygens (including phenoxy) is 1. The van der Waals surface area contributed by atoms with Crippen LogP contribution in [-0.4, -0.2) is 40.8 Å². The number of hydrogen-bond donors (Lipinski definition) is 0. The molecule has 0 spiro atoms. The smallest absolute Gasteiger partial charge is 0.310 e. The first-order valence-electron chi connectivity index (χ1n) is 6.82. The number of aromatic nitrogens is 3. The Kier molecular flexibility index (Phi) is 3.30. The zero-order chi connectivity index (χ0) is 14.1. The van der Waals surface area contributed by atoms with E-state index in [1.807, 2.05) is 17.5 Å². The summed E-state index contributed by atoms with van der Waals surface area (Å²) in [6, 6.07) is 4.08. The van der Waals surface area contributed by atoms with Crippen LogP contribution in [0.25, 0.3) is 5.65 Å². The minimum Gasteiger partial charge on any atom is -0.469 e. The van der Waals surface area contributed by atoms with Gasteiger partial charge < -0.3 is 9.64 Å². The van der Waals surface area contributed by atoms with Crippen molar-refractivity contribution in [3.63, 3.8) is 0 Å². The summed E-state index contributed by atoms with van der Waals surface area (Å²) < 4.78 is 6.70. The zero-order valence-corrected chi connectivity index (χ0v) is 11.7. The van der Waals surface area contributed by atoms with Gasteiger partial charge in [0.25, 0.3) is 0 Å². The number of methoxy groups -OCH3 is 1. The van der Waals surface area contributed by atoms with E-state index < -0.39 is 0 Å². The molecule has 6 nitrogen and oxygen atoms in total. The van der Waals surface area contributed by atoms with Crippen molar-refractivity contribution in [1.82, 2.24) is 14.6 Å². The Hall–Kier alpha value is -2.11. The van der Waals surface area contributed by atoms with Crippen LogP contribution in [-0.2, 0) is 9.53 Å². The van der Waals surface area contributed by atoms with Crippen LogP contribution in [0.1, 0.15) is 18.4 Å². The highest BCUT2D eigenvalue weighted by atomic mass is 16.5. The number of hydrogen-bond acceptors (Lipinski definition) is 5. The number of pyridine rings is 1. The van der Waals surface area contributed by atoms with Crippen LogP contribution in [0.15, 0.2) is 18.5 Å². The minimum absolute atomic E-state index is 0.0622. The highest BCUT2D eigenvalue weighted by Crippen LogP contribution is 2.25. The molecule has 106 valence electrons. The largest absolute Gasteiger partial charge is 0.469 e. The minimum atomic E-state index is -0.128. The summed E-state index contributed by atoms with van der Waals surface area (Å²) in [6.45, 7) is 3.64. The van der Waals surface area contributed by atoms with Gasteiger partial charge in [-0.25, -0.2) is 4.98 Å². The third-order valence-electron chi connectivity index (χ3n) is 3.78. The van der Waals surface area contributed by atoms with E-state index in [2.05, 4.69) is 21.0 Å². The maximum absolute atomic E-state index is 11.7. The van der Waals surface area contributed by atoms with Gasteiger partial charge in [0.2, 0.25) is 0 Å². The molecular weight excluding hydrogens is 256 g/mol.